The lowest BCUT2D eigenvalue weighted by Crippen LogP contribution is -2.25. The maximum atomic E-state index is 12.3. The first-order valence-electron chi connectivity index (χ1n) is 9.28. The van der Waals surface area contributed by atoms with Gasteiger partial charge in [-0.2, -0.15) is 0 Å². The van der Waals surface area contributed by atoms with Crippen molar-refractivity contribution in [1.29, 1.82) is 0 Å². The molecule has 1 aromatic carbocycles. The van der Waals surface area contributed by atoms with E-state index in [0.29, 0.717) is 12.4 Å². The van der Waals surface area contributed by atoms with Crippen LogP contribution in [0.2, 0.25) is 0 Å². The molecule has 0 unspecified atom stereocenters. The predicted molar refractivity (Wildman–Crippen MR) is 97.4 cm³/mol. The first-order valence-corrected chi connectivity index (χ1v) is 9.28. The number of carbonyl (C=O) groups is 1. The molecule has 1 aliphatic rings. The zero-order chi connectivity index (χ0) is 17.2. The Balaban J connectivity index is 1.74. The van der Waals surface area contributed by atoms with Crippen LogP contribution in [0.3, 0.4) is 0 Å². The summed E-state index contributed by atoms with van der Waals surface area (Å²) in [5, 5.41) is 0. The lowest BCUT2D eigenvalue weighted by molar-refractivity contribution is -0.140. The molecule has 3 heteroatoms. The molecule has 1 fully saturated rings. The molecule has 1 aliphatic carbocycles. The van der Waals surface area contributed by atoms with E-state index in [4.69, 9.17) is 9.47 Å². The summed E-state index contributed by atoms with van der Waals surface area (Å²) >= 11 is 0. The van der Waals surface area contributed by atoms with Crippen LogP contribution >= 0.6 is 0 Å². The fraction of sp³-hybridized carbons (Fsp3) is 0.571. The van der Waals surface area contributed by atoms with Crippen LogP contribution in [0, 0.1) is 11.8 Å². The third-order valence-corrected chi connectivity index (χ3v) is 4.81. The van der Waals surface area contributed by atoms with Crippen molar-refractivity contribution in [1.82, 2.24) is 0 Å². The standard InChI is InChI=1S/C21H30O3/c1-3-5-6-7-17-8-10-18(11-9-17)21(22)24-20-14-12-19(13-15-20)23-16-4-2/h4,12-15,17-18H,2-3,5-11,16H2,1H3/t17-,18-. The largest absolute Gasteiger partial charge is 0.490 e. The van der Waals surface area contributed by atoms with E-state index in [1.807, 2.05) is 12.1 Å². The SMILES string of the molecule is C=CCOc1ccc(OC(=O)[C@H]2CC[C@H](CCCCC)CC2)cc1. The van der Waals surface area contributed by atoms with Gasteiger partial charge in [-0.15, -0.1) is 0 Å². The van der Waals surface area contributed by atoms with Crippen molar-refractivity contribution >= 4 is 5.97 Å². The van der Waals surface area contributed by atoms with E-state index in [0.717, 1.165) is 37.4 Å². The summed E-state index contributed by atoms with van der Waals surface area (Å²) in [5.41, 5.74) is 0. The van der Waals surface area contributed by atoms with E-state index in [1.54, 1.807) is 18.2 Å². The van der Waals surface area contributed by atoms with Gasteiger partial charge in [0.2, 0.25) is 0 Å². The van der Waals surface area contributed by atoms with Gasteiger partial charge in [0.25, 0.3) is 0 Å². The summed E-state index contributed by atoms with van der Waals surface area (Å²) < 4.78 is 11.0. The number of esters is 1. The van der Waals surface area contributed by atoms with Crippen LogP contribution in [-0.2, 0) is 4.79 Å². The molecule has 132 valence electrons. The quantitative estimate of drug-likeness (QED) is 0.258. The molecule has 0 heterocycles. The first kappa shape index (κ1) is 18.6. The smallest absolute Gasteiger partial charge is 0.314 e. The number of rotatable bonds is 9. The van der Waals surface area contributed by atoms with E-state index < -0.39 is 0 Å². The summed E-state index contributed by atoms with van der Waals surface area (Å²) in [6.45, 7) is 6.33. The fourth-order valence-electron chi connectivity index (χ4n) is 3.33. The average molecular weight is 330 g/mol. The molecular formula is C21H30O3. The third kappa shape index (κ3) is 6.03. The fourth-order valence-corrected chi connectivity index (χ4v) is 3.33. The van der Waals surface area contributed by atoms with Crippen LogP contribution in [0.15, 0.2) is 36.9 Å². The van der Waals surface area contributed by atoms with Gasteiger partial charge >= 0.3 is 5.97 Å². The van der Waals surface area contributed by atoms with Gasteiger partial charge in [-0.25, -0.2) is 0 Å². The van der Waals surface area contributed by atoms with Crippen molar-refractivity contribution in [3.63, 3.8) is 0 Å². The van der Waals surface area contributed by atoms with Gasteiger partial charge in [0, 0.05) is 0 Å². The molecule has 0 aromatic heterocycles. The Morgan fingerprint density at radius 3 is 2.42 bits per heavy atom. The Morgan fingerprint density at radius 2 is 1.79 bits per heavy atom. The highest BCUT2D eigenvalue weighted by Crippen LogP contribution is 2.33. The lowest BCUT2D eigenvalue weighted by atomic mass is 9.80. The van der Waals surface area contributed by atoms with Gasteiger partial charge in [-0.1, -0.05) is 45.3 Å². The van der Waals surface area contributed by atoms with Crippen molar-refractivity contribution in [3.8, 4) is 11.5 Å². The molecule has 0 aliphatic heterocycles. The Hall–Kier alpha value is -1.77. The Kier molecular flexibility index (Phi) is 7.87. The predicted octanol–water partition coefficient (Wildman–Crippen LogP) is 5.54. The molecule has 2 rings (SSSR count). The van der Waals surface area contributed by atoms with E-state index in [9.17, 15) is 4.79 Å². The van der Waals surface area contributed by atoms with Gasteiger partial charge in [0.05, 0.1) is 5.92 Å². The molecule has 24 heavy (non-hydrogen) atoms. The van der Waals surface area contributed by atoms with Crippen LogP contribution < -0.4 is 9.47 Å². The molecule has 3 nitrogen and oxygen atoms in total. The Morgan fingerprint density at radius 1 is 1.12 bits per heavy atom. The van der Waals surface area contributed by atoms with Gasteiger partial charge in [0.15, 0.2) is 0 Å². The third-order valence-electron chi connectivity index (χ3n) is 4.81. The maximum Gasteiger partial charge on any atom is 0.314 e. The van der Waals surface area contributed by atoms with E-state index in [1.165, 1.54) is 25.7 Å². The molecular weight excluding hydrogens is 300 g/mol. The molecule has 0 N–H and O–H groups in total. The van der Waals surface area contributed by atoms with Crippen LogP contribution in [0.1, 0.15) is 58.3 Å². The minimum atomic E-state index is -0.0817. The topological polar surface area (TPSA) is 35.5 Å². The van der Waals surface area contributed by atoms with Crippen molar-refractivity contribution < 1.29 is 14.3 Å². The highest BCUT2D eigenvalue weighted by molar-refractivity contribution is 5.75. The summed E-state index contributed by atoms with van der Waals surface area (Å²) in [4.78, 5) is 12.3. The normalized spacial score (nSPS) is 20.4. The summed E-state index contributed by atoms with van der Waals surface area (Å²) in [5.74, 6) is 2.13. The van der Waals surface area contributed by atoms with Crippen molar-refractivity contribution in [2.24, 2.45) is 11.8 Å². The molecule has 0 radical (unpaired) electrons. The van der Waals surface area contributed by atoms with Crippen molar-refractivity contribution in [2.75, 3.05) is 6.61 Å². The molecule has 0 saturated heterocycles. The molecule has 1 aromatic rings. The zero-order valence-electron chi connectivity index (χ0n) is 14.8. The number of hydrogen-bond donors (Lipinski definition) is 0. The number of hydrogen-bond acceptors (Lipinski definition) is 3. The Labute approximate surface area is 146 Å². The van der Waals surface area contributed by atoms with Crippen LogP contribution in [0.4, 0.5) is 0 Å². The molecule has 0 amide bonds. The number of ether oxygens (including phenoxy) is 2. The Bertz CT molecular complexity index is 498. The van der Waals surface area contributed by atoms with Crippen LogP contribution in [0.25, 0.3) is 0 Å². The van der Waals surface area contributed by atoms with Crippen molar-refractivity contribution in [3.05, 3.63) is 36.9 Å². The second-order valence-corrected chi connectivity index (χ2v) is 6.71. The number of benzene rings is 1. The van der Waals surface area contributed by atoms with Gasteiger partial charge in [-0.05, 0) is 55.9 Å². The van der Waals surface area contributed by atoms with Gasteiger partial charge < -0.3 is 9.47 Å². The second kappa shape index (κ2) is 10.2. The summed E-state index contributed by atoms with van der Waals surface area (Å²) in [6.07, 6.45) is 11.2. The molecule has 1 saturated carbocycles. The van der Waals surface area contributed by atoms with Crippen LogP contribution in [0.5, 0.6) is 11.5 Å². The van der Waals surface area contributed by atoms with E-state index in [-0.39, 0.29) is 11.9 Å². The van der Waals surface area contributed by atoms with Gasteiger partial charge in [0.1, 0.15) is 18.1 Å². The highest BCUT2D eigenvalue weighted by Gasteiger charge is 2.27. The second-order valence-electron chi connectivity index (χ2n) is 6.71. The average Bonchev–Trinajstić information content (AvgIpc) is 2.62. The highest BCUT2D eigenvalue weighted by atomic mass is 16.5. The zero-order valence-corrected chi connectivity index (χ0v) is 14.8. The molecule has 0 spiro atoms. The summed E-state index contributed by atoms with van der Waals surface area (Å²) in [6, 6.07) is 7.20. The maximum absolute atomic E-state index is 12.3. The van der Waals surface area contributed by atoms with E-state index in [2.05, 4.69) is 13.5 Å². The minimum absolute atomic E-state index is 0.0594. The monoisotopic (exact) mass is 330 g/mol. The number of carbonyl (C=O) groups excluding carboxylic acids is 1. The lowest BCUT2D eigenvalue weighted by Gasteiger charge is -2.27. The first-order chi connectivity index (χ1) is 11.7. The van der Waals surface area contributed by atoms with Crippen molar-refractivity contribution in [2.45, 2.75) is 58.3 Å². The van der Waals surface area contributed by atoms with E-state index >= 15 is 0 Å². The molecule has 0 bridgehead atoms. The molecule has 0 atom stereocenters. The van der Waals surface area contributed by atoms with Crippen LogP contribution in [-0.4, -0.2) is 12.6 Å². The number of unbranched alkanes of at least 4 members (excludes halogenated alkanes) is 2. The van der Waals surface area contributed by atoms with Gasteiger partial charge in [-0.3, -0.25) is 4.79 Å². The summed E-state index contributed by atoms with van der Waals surface area (Å²) in [7, 11) is 0. The minimum Gasteiger partial charge on any atom is -0.490 e.